The van der Waals surface area contributed by atoms with Crippen LogP contribution in [0.1, 0.15) is 11.5 Å². The molecule has 0 radical (unpaired) electrons. The number of carbonyl (C=O) groups is 1. The summed E-state index contributed by atoms with van der Waals surface area (Å²) in [5.41, 5.74) is 0.701. The number of hydrogen-bond donors (Lipinski definition) is 1. The quantitative estimate of drug-likeness (QED) is 0.528. The monoisotopic (exact) mass is 495 g/mol. The van der Waals surface area contributed by atoms with Gasteiger partial charge in [0.2, 0.25) is 11.8 Å². The molecule has 1 aliphatic rings. The van der Waals surface area contributed by atoms with Crippen LogP contribution in [0.15, 0.2) is 39.5 Å². The van der Waals surface area contributed by atoms with Crippen LogP contribution in [-0.4, -0.2) is 36.2 Å². The molecule has 1 amide bonds. The summed E-state index contributed by atoms with van der Waals surface area (Å²) < 4.78 is 51.1. The Morgan fingerprint density at radius 2 is 1.94 bits per heavy atom. The van der Waals surface area contributed by atoms with Gasteiger partial charge in [-0.3, -0.25) is 4.79 Å². The zero-order valence-corrected chi connectivity index (χ0v) is 18.4. The first kappa shape index (κ1) is 23.1. The number of rotatable bonds is 7. The summed E-state index contributed by atoms with van der Waals surface area (Å²) in [6, 6.07) is 7.05. The van der Waals surface area contributed by atoms with E-state index in [1.54, 1.807) is 18.2 Å². The third kappa shape index (κ3) is 4.81. The molecule has 0 saturated heterocycles. The summed E-state index contributed by atoms with van der Waals surface area (Å²) in [4.78, 5) is 24.3. The lowest BCUT2D eigenvalue weighted by Gasteiger charge is -2.10. The van der Waals surface area contributed by atoms with Crippen molar-refractivity contribution in [2.24, 2.45) is 0 Å². The largest absolute Gasteiger partial charge is 0.586 e. The van der Waals surface area contributed by atoms with Crippen molar-refractivity contribution in [3.63, 3.8) is 0 Å². The van der Waals surface area contributed by atoms with Crippen molar-refractivity contribution < 1.29 is 36.9 Å². The Kier molecular flexibility index (Phi) is 6.16. The van der Waals surface area contributed by atoms with Gasteiger partial charge in [0, 0.05) is 17.8 Å². The van der Waals surface area contributed by atoms with Crippen LogP contribution < -0.4 is 30.0 Å². The summed E-state index contributed by atoms with van der Waals surface area (Å²) >= 11 is 6.31. The average Bonchev–Trinajstić information content (AvgIpc) is 3.28. The van der Waals surface area contributed by atoms with Crippen molar-refractivity contribution in [3.8, 4) is 23.0 Å². The molecule has 1 aliphatic heterocycles. The van der Waals surface area contributed by atoms with Crippen LogP contribution in [0.3, 0.4) is 0 Å². The standard InChI is InChI=1S/C21H16ClF2N3O7/c1-30-14-6-3-11(18(22)19(14)31-2)4-8-17-26-27(20(29)32-17)10-16(28)25-12-5-7-13-15(9-12)34-21(23,24)33-13/h3-9H,10H2,1-2H3,(H,25,28)/b8-4+. The first-order valence-electron chi connectivity index (χ1n) is 9.55. The van der Waals surface area contributed by atoms with E-state index in [0.717, 1.165) is 4.68 Å². The molecule has 3 aromatic rings. The second-order valence-corrected chi connectivity index (χ2v) is 7.16. The van der Waals surface area contributed by atoms with Crippen molar-refractivity contribution in [1.29, 1.82) is 0 Å². The Morgan fingerprint density at radius 3 is 2.68 bits per heavy atom. The number of nitrogens with one attached hydrogen (secondary N) is 1. The maximum Gasteiger partial charge on any atom is 0.586 e. The lowest BCUT2D eigenvalue weighted by molar-refractivity contribution is -0.286. The Bertz CT molecular complexity index is 1340. The molecule has 0 fully saturated rings. The van der Waals surface area contributed by atoms with Crippen LogP contribution in [-0.2, 0) is 11.3 Å². The highest BCUT2D eigenvalue weighted by molar-refractivity contribution is 6.34. The molecular formula is C21H16ClF2N3O7. The minimum absolute atomic E-state index is 0.0750. The Balaban J connectivity index is 1.44. The van der Waals surface area contributed by atoms with Gasteiger partial charge in [0.15, 0.2) is 23.0 Å². The van der Waals surface area contributed by atoms with Crippen LogP contribution in [0.2, 0.25) is 5.02 Å². The molecule has 0 bridgehead atoms. The van der Waals surface area contributed by atoms with Crippen LogP contribution in [0.4, 0.5) is 14.5 Å². The first-order valence-corrected chi connectivity index (χ1v) is 9.93. The van der Waals surface area contributed by atoms with Gasteiger partial charge >= 0.3 is 12.1 Å². The molecule has 0 atom stereocenters. The molecule has 0 unspecified atom stereocenters. The molecular weight excluding hydrogens is 480 g/mol. The highest BCUT2D eigenvalue weighted by Gasteiger charge is 2.43. The van der Waals surface area contributed by atoms with E-state index >= 15 is 0 Å². The fourth-order valence-corrected chi connectivity index (χ4v) is 3.34. The molecule has 178 valence electrons. The number of methoxy groups -OCH3 is 2. The zero-order valence-electron chi connectivity index (χ0n) is 17.6. The molecule has 2 aromatic carbocycles. The summed E-state index contributed by atoms with van der Waals surface area (Å²) in [5, 5.41) is 6.67. The normalized spacial score (nSPS) is 13.8. The van der Waals surface area contributed by atoms with Crippen LogP contribution in [0, 0.1) is 0 Å². The van der Waals surface area contributed by atoms with Gasteiger partial charge in [-0.1, -0.05) is 11.6 Å². The molecule has 2 heterocycles. The molecule has 0 spiro atoms. The van der Waals surface area contributed by atoms with Crippen LogP contribution >= 0.6 is 11.6 Å². The number of aromatic nitrogens is 2. The van der Waals surface area contributed by atoms with Gasteiger partial charge in [0.05, 0.1) is 19.2 Å². The predicted molar refractivity (Wildman–Crippen MR) is 116 cm³/mol. The maximum atomic E-state index is 13.1. The number of alkyl halides is 2. The lowest BCUT2D eigenvalue weighted by Crippen LogP contribution is -2.26. The third-order valence-electron chi connectivity index (χ3n) is 4.52. The Morgan fingerprint density at radius 1 is 1.18 bits per heavy atom. The van der Waals surface area contributed by atoms with Crippen molar-refractivity contribution in [3.05, 3.63) is 57.4 Å². The number of anilines is 1. The summed E-state index contributed by atoms with van der Waals surface area (Å²) in [6.07, 6.45) is -0.840. The average molecular weight is 496 g/mol. The minimum Gasteiger partial charge on any atom is -0.493 e. The van der Waals surface area contributed by atoms with Gasteiger partial charge in [-0.25, -0.2) is 4.79 Å². The van der Waals surface area contributed by atoms with Gasteiger partial charge in [0.1, 0.15) is 6.54 Å². The number of carbonyl (C=O) groups excluding carboxylic acids is 1. The zero-order chi connectivity index (χ0) is 24.5. The molecule has 13 heteroatoms. The predicted octanol–water partition coefficient (Wildman–Crippen LogP) is 3.64. The number of benzene rings is 2. The molecule has 34 heavy (non-hydrogen) atoms. The maximum absolute atomic E-state index is 13.1. The highest BCUT2D eigenvalue weighted by Crippen LogP contribution is 2.42. The van der Waals surface area contributed by atoms with Gasteiger partial charge < -0.3 is 28.7 Å². The molecule has 10 nitrogen and oxygen atoms in total. The summed E-state index contributed by atoms with van der Waals surface area (Å²) in [7, 11) is 2.92. The van der Waals surface area contributed by atoms with Crippen molar-refractivity contribution in [2.45, 2.75) is 12.8 Å². The topological polar surface area (TPSA) is 114 Å². The van der Waals surface area contributed by atoms with Crippen molar-refractivity contribution >= 4 is 35.3 Å². The lowest BCUT2D eigenvalue weighted by atomic mass is 10.2. The van der Waals surface area contributed by atoms with E-state index in [9.17, 15) is 18.4 Å². The molecule has 0 saturated carbocycles. The fourth-order valence-electron chi connectivity index (χ4n) is 3.05. The Hall–Kier alpha value is -4.06. The third-order valence-corrected chi connectivity index (χ3v) is 4.91. The number of amides is 1. The summed E-state index contributed by atoms with van der Waals surface area (Å²) in [6.45, 7) is -0.488. The summed E-state index contributed by atoms with van der Waals surface area (Å²) in [5.74, 6) is -1.22. The highest BCUT2D eigenvalue weighted by atomic mass is 35.5. The minimum atomic E-state index is -3.77. The van der Waals surface area contributed by atoms with E-state index in [1.165, 1.54) is 38.5 Å². The van der Waals surface area contributed by atoms with Gasteiger partial charge in [-0.05, 0) is 35.9 Å². The number of halogens is 3. The second-order valence-electron chi connectivity index (χ2n) is 6.78. The molecule has 1 aromatic heterocycles. The smallest absolute Gasteiger partial charge is 0.493 e. The van der Waals surface area contributed by atoms with Crippen molar-refractivity contribution in [2.75, 3.05) is 19.5 Å². The van der Waals surface area contributed by atoms with Crippen LogP contribution in [0.25, 0.3) is 12.2 Å². The molecule has 1 N–H and O–H groups in total. The van der Waals surface area contributed by atoms with E-state index in [4.69, 9.17) is 25.5 Å². The number of nitrogens with zero attached hydrogens (tertiary/aromatic N) is 2. The molecule has 0 aliphatic carbocycles. The van der Waals surface area contributed by atoms with Crippen molar-refractivity contribution in [1.82, 2.24) is 9.78 Å². The van der Waals surface area contributed by atoms with Crippen LogP contribution in [0.5, 0.6) is 23.0 Å². The number of ether oxygens (including phenoxy) is 4. The number of fused-ring (bicyclic) bond motifs is 1. The van der Waals surface area contributed by atoms with E-state index in [2.05, 4.69) is 19.9 Å². The van der Waals surface area contributed by atoms with Gasteiger partial charge in [-0.2, -0.15) is 4.68 Å². The SMILES string of the molecule is COc1ccc(/C=C/c2nn(CC(=O)Nc3ccc4c(c3)OC(F)(F)O4)c(=O)o2)c(Cl)c1OC. The van der Waals surface area contributed by atoms with E-state index in [1.807, 2.05) is 0 Å². The Labute approximate surface area is 195 Å². The second kappa shape index (κ2) is 9.06. The number of hydrogen-bond acceptors (Lipinski definition) is 8. The van der Waals surface area contributed by atoms with Gasteiger partial charge in [0.25, 0.3) is 0 Å². The first-order chi connectivity index (χ1) is 16.2. The van der Waals surface area contributed by atoms with E-state index < -0.39 is 24.5 Å². The van der Waals surface area contributed by atoms with E-state index in [0.29, 0.717) is 17.1 Å². The fraction of sp³-hybridized carbons (Fsp3) is 0.190. The molecule has 4 rings (SSSR count). The van der Waals surface area contributed by atoms with Gasteiger partial charge in [-0.15, -0.1) is 13.9 Å². The van der Waals surface area contributed by atoms with E-state index in [-0.39, 0.29) is 28.1 Å².